The van der Waals surface area contributed by atoms with E-state index in [-0.39, 0.29) is 17.9 Å². The fourth-order valence-corrected chi connectivity index (χ4v) is 3.52. The Hall–Kier alpha value is -2.58. The predicted octanol–water partition coefficient (Wildman–Crippen LogP) is 3.65. The van der Waals surface area contributed by atoms with Gasteiger partial charge < -0.3 is 14.7 Å². The molecule has 0 saturated carbocycles. The molecule has 1 aromatic rings. The van der Waals surface area contributed by atoms with Crippen LogP contribution in [-0.4, -0.2) is 47.7 Å². The molecule has 0 aliphatic carbocycles. The zero-order chi connectivity index (χ0) is 21.6. The van der Waals surface area contributed by atoms with Crippen molar-refractivity contribution in [3.8, 4) is 11.8 Å². The number of carbonyl (C=O) groups is 2. The molecule has 1 heterocycles. The van der Waals surface area contributed by atoms with Crippen molar-refractivity contribution in [2.75, 3.05) is 13.7 Å². The molecule has 1 N–H and O–H groups in total. The lowest BCUT2D eigenvalue weighted by atomic mass is 10.1. The molecule has 30 heavy (non-hydrogen) atoms. The topological polar surface area (TPSA) is 66.8 Å². The van der Waals surface area contributed by atoms with Gasteiger partial charge in [-0.2, -0.15) is 0 Å². The monoisotopic (exact) mass is 411 g/mol. The van der Waals surface area contributed by atoms with Crippen LogP contribution in [0.2, 0.25) is 0 Å². The standard InChI is InChI=1S/C25H33NO4/c1-30-25(29)15-7-2-3-10-20-26-22(17-19-24(26)28)16-18-23(27)14-9-8-13-21-11-5-4-6-12-21/h4-6,11-12,16,18,22-23,27H,2-3,7,10,13-15,17,19-20H2,1H3/b18-16+/t22-,23?/m0/s1. The van der Waals surface area contributed by atoms with Gasteiger partial charge in [0.05, 0.1) is 19.3 Å². The van der Waals surface area contributed by atoms with E-state index in [0.29, 0.717) is 25.7 Å². The number of aliphatic hydroxyl groups is 1. The number of hydrogen-bond donors (Lipinski definition) is 1. The maximum Gasteiger partial charge on any atom is 0.305 e. The van der Waals surface area contributed by atoms with Crippen LogP contribution in [0.1, 0.15) is 56.9 Å². The normalized spacial score (nSPS) is 17.1. The molecule has 1 unspecified atom stereocenters. The SMILES string of the molecule is COC(=O)CCCCCCN1C(=O)CC[C@@H]1/C=C/C(O)CC#CCc1ccccc1. The van der Waals surface area contributed by atoms with Crippen LogP contribution in [-0.2, 0) is 20.7 Å². The van der Waals surface area contributed by atoms with Crippen molar-refractivity contribution in [3.63, 3.8) is 0 Å². The third kappa shape index (κ3) is 8.84. The summed E-state index contributed by atoms with van der Waals surface area (Å²) in [6.45, 7) is 0.721. The maximum atomic E-state index is 12.2. The summed E-state index contributed by atoms with van der Waals surface area (Å²) in [5.41, 5.74) is 1.17. The first-order valence-corrected chi connectivity index (χ1v) is 10.8. The van der Waals surface area contributed by atoms with Gasteiger partial charge in [0.2, 0.25) is 5.91 Å². The number of ether oxygens (including phenoxy) is 1. The Bertz CT molecular complexity index is 747. The van der Waals surface area contributed by atoms with Crippen molar-refractivity contribution in [2.24, 2.45) is 0 Å². The van der Waals surface area contributed by atoms with Crippen LogP contribution in [0.25, 0.3) is 0 Å². The second kappa shape index (κ2) is 13.6. The Morgan fingerprint density at radius 3 is 2.77 bits per heavy atom. The Morgan fingerprint density at radius 2 is 2.00 bits per heavy atom. The summed E-state index contributed by atoms with van der Waals surface area (Å²) >= 11 is 0. The van der Waals surface area contributed by atoms with Gasteiger partial charge in [0.25, 0.3) is 0 Å². The van der Waals surface area contributed by atoms with E-state index in [9.17, 15) is 14.7 Å². The van der Waals surface area contributed by atoms with E-state index in [4.69, 9.17) is 0 Å². The molecule has 1 saturated heterocycles. The zero-order valence-electron chi connectivity index (χ0n) is 17.9. The first kappa shape index (κ1) is 23.7. The smallest absolute Gasteiger partial charge is 0.305 e. The number of esters is 1. The molecule has 1 aliphatic heterocycles. The minimum Gasteiger partial charge on any atom is -0.469 e. The molecule has 2 atom stereocenters. The number of nitrogens with zero attached hydrogens (tertiary/aromatic N) is 1. The van der Waals surface area contributed by atoms with Crippen molar-refractivity contribution in [3.05, 3.63) is 48.0 Å². The van der Waals surface area contributed by atoms with Gasteiger partial charge in [-0.25, -0.2) is 0 Å². The number of amides is 1. The Labute approximate surface area is 180 Å². The van der Waals surface area contributed by atoms with E-state index < -0.39 is 6.10 Å². The molecule has 0 radical (unpaired) electrons. The molecule has 5 nitrogen and oxygen atoms in total. The molecule has 0 bridgehead atoms. The van der Waals surface area contributed by atoms with Crippen molar-refractivity contribution < 1.29 is 19.4 Å². The number of hydrogen-bond acceptors (Lipinski definition) is 4. The summed E-state index contributed by atoms with van der Waals surface area (Å²) in [6.07, 6.45) is 9.66. The van der Waals surface area contributed by atoms with Crippen LogP contribution in [0, 0.1) is 11.8 Å². The quantitative estimate of drug-likeness (QED) is 0.261. The van der Waals surface area contributed by atoms with Crippen molar-refractivity contribution in [1.82, 2.24) is 4.90 Å². The molecular weight excluding hydrogens is 378 g/mol. The highest BCUT2D eigenvalue weighted by Gasteiger charge is 2.28. The van der Waals surface area contributed by atoms with E-state index in [1.54, 1.807) is 6.08 Å². The summed E-state index contributed by atoms with van der Waals surface area (Å²) in [7, 11) is 1.41. The minimum absolute atomic E-state index is 0.0551. The van der Waals surface area contributed by atoms with Gasteiger partial charge in [-0.05, 0) is 24.8 Å². The lowest BCUT2D eigenvalue weighted by Gasteiger charge is -2.22. The summed E-state index contributed by atoms with van der Waals surface area (Å²) < 4.78 is 4.64. The van der Waals surface area contributed by atoms with Crippen LogP contribution in [0.15, 0.2) is 42.5 Å². The third-order valence-corrected chi connectivity index (χ3v) is 5.26. The van der Waals surface area contributed by atoms with E-state index in [1.165, 1.54) is 12.7 Å². The fraction of sp³-hybridized carbons (Fsp3) is 0.520. The molecule has 0 aromatic heterocycles. The van der Waals surface area contributed by atoms with Crippen LogP contribution >= 0.6 is 0 Å². The zero-order valence-corrected chi connectivity index (χ0v) is 17.9. The van der Waals surface area contributed by atoms with Gasteiger partial charge >= 0.3 is 5.97 Å². The molecule has 5 heteroatoms. The second-order valence-corrected chi connectivity index (χ2v) is 7.61. The molecule has 0 spiro atoms. The van der Waals surface area contributed by atoms with Crippen LogP contribution in [0.5, 0.6) is 0 Å². The van der Waals surface area contributed by atoms with E-state index in [0.717, 1.165) is 38.6 Å². The van der Waals surface area contributed by atoms with Crippen LogP contribution in [0.4, 0.5) is 0 Å². The van der Waals surface area contributed by atoms with E-state index in [2.05, 4.69) is 16.6 Å². The van der Waals surface area contributed by atoms with E-state index in [1.807, 2.05) is 41.3 Å². The summed E-state index contributed by atoms with van der Waals surface area (Å²) in [5, 5.41) is 10.2. The summed E-state index contributed by atoms with van der Waals surface area (Å²) in [4.78, 5) is 25.2. The van der Waals surface area contributed by atoms with Crippen molar-refractivity contribution >= 4 is 11.9 Å². The van der Waals surface area contributed by atoms with Gasteiger partial charge in [0.15, 0.2) is 0 Å². The van der Waals surface area contributed by atoms with Crippen LogP contribution in [0.3, 0.4) is 0 Å². The molecule has 1 fully saturated rings. The van der Waals surface area contributed by atoms with Crippen molar-refractivity contribution in [1.29, 1.82) is 0 Å². The van der Waals surface area contributed by atoms with Gasteiger partial charge in [-0.15, -0.1) is 0 Å². The van der Waals surface area contributed by atoms with Crippen molar-refractivity contribution in [2.45, 2.75) is 69.9 Å². The molecule has 1 aliphatic rings. The average Bonchev–Trinajstić information content (AvgIpc) is 3.12. The minimum atomic E-state index is -0.621. The largest absolute Gasteiger partial charge is 0.469 e. The molecule has 1 amide bonds. The molecule has 1 aromatic carbocycles. The van der Waals surface area contributed by atoms with Gasteiger partial charge in [0, 0.05) is 32.2 Å². The Balaban J connectivity index is 1.68. The average molecular weight is 412 g/mol. The number of benzene rings is 1. The van der Waals surface area contributed by atoms with E-state index >= 15 is 0 Å². The fourth-order valence-electron chi connectivity index (χ4n) is 3.52. The summed E-state index contributed by atoms with van der Waals surface area (Å²) in [6, 6.07) is 10.1. The lowest BCUT2D eigenvalue weighted by Crippen LogP contribution is -2.32. The number of aliphatic hydroxyl groups excluding tert-OH is 1. The number of methoxy groups -OCH3 is 1. The van der Waals surface area contributed by atoms with Crippen LogP contribution < -0.4 is 0 Å². The number of likely N-dealkylation sites (tertiary alicyclic amines) is 1. The first-order valence-electron chi connectivity index (χ1n) is 10.8. The highest BCUT2D eigenvalue weighted by molar-refractivity contribution is 5.79. The molecular formula is C25H33NO4. The summed E-state index contributed by atoms with van der Waals surface area (Å²) in [5.74, 6) is 6.13. The number of carbonyl (C=O) groups excluding carboxylic acids is 2. The maximum absolute atomic E-state index is 12.2. The lowest BCUT2D eigenvalue weighted by molar-refractivity contribution is -0.140. The van der Waals surface area contributed by atoms with Gasteiger partial charge in [-0.3, -0.25) is 9.59 Å². The molecule has 162 valence electrons. The second-order valence-electron chi connectivity index (χ2n) is 7.61. The number of unbranched alkanes of at least 4 members (excludes halogenated alkanes) is 3. The highest BCUT2D eigenvalue weighted by atomic mass is 16.5. The predicted molar refractivity (Wildman–Crippen MR) is 118 cm³/mol. The van der Waals surface area contributed by atoms with Gasteiger partial charge in [0.1, 0.15) is 0 Å². The first-order chi connectivity index (χ1) is 14.6. The Kier molecular flexibility index (Phi) is 10.7. The van der Waals surface area contributed by atoms with Gasteiger partial charge in [-0.1, -0.05) is 67.2 Å². The Morgan fingerprint density at radius 1 is 1.23 bits per heavy atom. The third-order valence-electron chi connectivity index (χ3n) is 5.26. The number of rotatable bonds is 11. The highest BCUT2D eigenvalue weighted by Crippen LogP contribution is 2.21. The molecule has 2 rings (SSSR count).